The number of thioether (sulfide) groups is 1. The SMILES string of the molecule is CSc1cccc(NC(=O)Cc2nnc(-c3ccc4ncccc4c3)o2)c1. The molecule has 2 aromatic heterocycles. The second-order valence-electron chi connectivity index (χ2n) is 5.87. The molecule has 0 unspecified atom stereocenters. The molecule has 27 heavy (non-hydrogen) atoms. The second-order valence-corrected chi connectivity index (χ2v) is 6.75. The molecule has 1 amide bonds. The summed E-state index contributed by atoms with van der Waals surface area (Å²) in [5.41, 5.74) is 2.43. The van der Waals surface area contributed by atoms with Gasteiger partial charge in [0.25, 0.3) is 0 Å². The maximum Gasteiger partial charge on any atom is 0.247 e. The summed E-state index contributed by atoms with van der Waals surface area (Å²) < 4.78 is 5.66. The van der Waals surface area contributed by atoms with Crippen LogP contribution in [0.25, 0.3) is 22.4 Å². The van der Waals surface area contributed by atoms with Crippen molar-refractivity contribution < 1.29 is 9.21 Å². The highest BCUT2D eigenvalue weighted by Gasteiger charge is 2.13. The lowest BCUT2D eigenvalue weighted by Gasteiger charge is -2.05. The summed E-state index contributed by atoms with van der Waals surface area (Å²) in [5, 5.41) is 11.9. The summed E-state index contributed by atoms with van der Waals surface area (Å²) in [7, 11) is 0. The Labute approximate surface area is 160 Å². The van der Waals surface area contributed by atoms with Gasteiger partial charge in [-0.2, -0.15) is 0 Å². The van der Waals surface area contributed by atoms with E-state index in [0.717, 1.165) is 27.0 Å². The third-order valence-corrected chi connectivity index (χ3v) is 4.71. The Morgan fingerprint density at radius 2 is 2.04 bits per heavy atom. The topological polar surface area (TPSA) is 80.9 Å². The van der Waals surface area contributed by atoms with Crippen molar-refractivity contribution in [2.75, 3.05) is 11.6 Å². The summed E-state index contributed by atoms with van der Waals surface area (Å²) in [6.07, 6.45) is 3.76. The minimum Gasteiger partial charge on any atom is -0.420 e. The number of aromatic nitrogens is 3. The number of anilines is 1. The van der Waals surface area contributed by atoms with E-state index in [1.165, 1.54) is 0 Å². The Kier molecular flexibility index (Phi) is 4.84. The predicted molar refractivity (Wildman–Crippen MR) is 106 cm³/mol. The molecule has 4 rings (SSSR count). The van der Waals surface area contributed by atoms with Crippen LogP contribution in [-0.2, 0) is 11.2 Å². The molecule has 0 spiro atoms. The molecule has 0 bridgehead atoms. The summed E-state index contributed by atoms with van der Waals surface area (Å²) in [5.74, 6) is 0.453. The molecule has 0 fully saturated rings. The van der Waals surface area contributed by atoms with E-state index in [1.54, 1.807) is 18.0 Å². The van der Waals surface area contributed by atoms with Crippen molar-refractivity contribution in [3.05, 3.63) is 66.7 Å². The number of carbonyl (C=O) groups is 1. The Balaban J connectivity index is 1.47. The number of carbonyl (C=O) groups excluding carboxylic acids is 1. The molecule has 6 nitrogen and oxygen atoms in total. The first kappa shape index (κ1) is 17.2. The number of nitrogens with zero attached hydrogens (tertiary/aromatic N) is 3. The molecule has 0 aliphatic rings. The third kappa shape index (κ3) is 3.98. The fraction of sp³-hybridized carbons (Fsp3) is 0.100. The van der Waals surface area contributed by atoms with Crippen LogP contribution in [0.3, 0.4) is 0 Å². The number of benzene rings is 2. The van der Waals surface area contributed by atoms with Gasteiger partial charge in [-0.3, -0.25) is 9.78 Å². The fourth-order valence-corrected chi connectivity index (χ4v) is 3.15. The van der Waals surface area contributed by atoms with Crippen LogP contribution in [0.1, 0.15) is 5.89 Å². The smallest absolute Gasteiger partial charge is 0.247 e. The Hall–Kier alpha value is -3.19. The zero-order valence-electron chi connectivity index (χ0n) is 14.5. The predicted octanol–water partition coefficient (Wildman–Crippen LogP) is 4.19. The number of pyridine rings is 1. The van der Waals surface area contributed by atoms with E-state index in [4.69, 9.17) is 4.42 Å². The van der Waals surface area contributed by atoms with Gasteiger partial charge in [0.2, 0.25) is 17.7 Å². The van der Waals surface area contributed by atoms with E-state index in [9.17, 15) is 4.79 Å². The molecule has 7 heteroatoms. The number of fused-ring (bicyclic) bond motifs is 1. The van der Waals surface area contributed by atoms with E-state index in [-0.39, 0.29) is 18.2 Å². The number of amides is 1. The monoisotopic (exact) mass is 376 g/mol. The molecular formula is C20H16N4O2S. The van der Waals surface area contributed by atoms with Gasteiger partial charge in [0.15, 0.2) is 0 Å². The summed E-state index contributed by atoms with van der Waals surface area (Å²) in [6.45, 7) is 0. The largest absolute Gasteiger partial charge is 0.420 e. The Morgan fingerprint density at radius 3 is 2.93 bits per heavy atom. The van der Waals surface area contributed by atoms with Crippen molar-refractivity contribution in [1.29, 1.82) is 0 Å². The van der Waals surface area contributed by atoms with Crippen LogP contribution in [0.5, 0.6) is 0 Å². The number of hydrogen-bond donors (Lipinski definition) is 1. The highest BCUT2D eigenvalue weighted by atomic mass is 32.2. The highest BCUT2D eigenvalue weighted by Crippen LogP contribution is 2.23. The molecule has 1 N–H and O–H groups in total. The maximum atomic E-state index is 12.2. The summed E-state index contributed by atoms with van der Waals surface area (Å²) in [4.78, 5) is 17.6. The van der Waals surface area contributed by atoms with Crippen molar-refractivity contribution in [1.82, 2.24) is 15.2 Å². The second kappa shape index (κ2) is 7.59. The van der Waals surface area contributed by atoms with Gasteiger partial charge in [0, 0.05) is 27.7 Å². The first-order valence-electron chi connectivity index (χ1n) is 8.33. The lowest BCUT2D eigenvalue weighted by molar-refractivity contribution is -0.115. The average Bonchev–Trinajstić information content (AvgIpc) is 3.16. The molecule has 0 saturated carbocycles. The molecule has 134 valence electrons. The highest BCUT2D eigenvalue weighted by molar-refractivity contribution is 7.98. The molecule has 0 radical (unpaired) electrons. The first-order valence-corrected chi connectivity index (χ1v) is 9.55. The Bertz CT molecular complexity index is 1110. The van der Waals surface area contributed by atoms with Gasteiger partial charge in [0.1, 0.15) is 6.42 Å². The average molecular weight is 376 g/mol. The van der Waals surface area contributed by atoms with Crippen molar-refractivity contribution in [3.8, 4) is 11.5 Å². The number of rotatable bonds is 5. The van der Waals surface area contributed by atoms with E-state index in [1.807, 2.05) is 60.9 Å². The molecule has 0 saturated heterocycles. The van der Waals surface area contributed by atoms with Crippen LogP contribution in [0.2, 0.25) is 0 Å². The Morgan fingerprint density at radius 1 is 1.11 bits per heavy atom. The van der Waals surface area contributed by atoms with Gasteiger partial charge < -0.3 is 9.73 Å². The van der Waals surface area contributed by atoms with E-state index in [0.29, 0.717) is 5.89 Å². The van der Waals surface area contributed by atoms with E-state index < -0.39 is 0 Å². The molecule has 0 atom stereocenters. The van der Waals surface area contributed by atoms with Gasteiger partial charge >= 0.3 is 0 Å². The first-order chi connectivity index (χ1) is 13.2. The normalized spacial score (nSPS) is 10.9. The van der Waals surface area contributed by atoms with Gasteiger partial charge in [0.05, 0.1) is 5.52 Å². The zero-order valence-corrected chi connectivity index (χ0v) is 15.4. The van der Waals surface area contributed by atoms with E-state index >= 15 is 0 Å². The minimum absolute atomic E-state index is 0.0195. The third-order valence-electron chi connectivity index (χ3n) is 3.98. The summed E-state index contributed by atoms with van der Waals surface area (Å²) >= 11 is 1.62. The molecule has 2 aromatic carbocycles. The maximum absolute atomic E-state index is 12.2. The molecule has 4 aromatic rings. The van der Waals surface area contributed by atoms with Crippen LogP contribution in [-0.4, -0.2) is 27.3 Å². The van der Waals surface area contributed by atoms with Crippen LogP contribution in [0.15, 0.2) is 70.1 Å². The lowest BCUT2D eigenvalue weighted by atomic mass is 10.1. The molecular weight excluding hydrogens is 360 g/mol. The van der Waals surface area contributed by atoms with Crippen molar-refractivity contribution >= 4 is 34.3 Å². The summed E-state index contributed by atoms with van der Waals surface area (Å²) in [6, 6.07) is 17.2. The standard InChI is InChI=1S/C20H16N4O2S/c1-27-16-6-2-5-15(11-16)22-18(25)12-19-23-24-20(26-19)14-7-8-17-13(10-14)4-3-9-21-17/h2-11H,12H2,1H3,(H,22,25). The quantitative estimate of drug-likeness (QED) is 0.526. The lowest BCUT2D eigenvalue weighted by Crippen LogP contribution is -2.14. The molecule has 0 aliphatic heterocycles. The van der Waals surface area contributed by atoms with Crippen LogP contribution in [0.4, 0.5) is 5.69 Å². The van der Waals surface area contributed by atoms with Crippen LogP contribution < -0.4 is 5.32 Å². The van der Waals surface area contributed by atoms with Gasteiger partial charge in [-0.1, -0.05) is 12.1 Å². The van der Waals surface area contributed by atoms with Crippen molar-refractivity contribution in [3.63, 3.8) is 0 Å². The molecule has 0 aliphatic carbocycles. The zero-order chi connectivity index (χ0) is 18.6. The van der Waals surface area contributed by atoms with E-state index in [2.05, 4.69) is 20.5 Å². The van der Waals surface area contributed by atoms with Crippen LogP contribution in [0, 0.1) is 0 Å². The molecule has 2 heterocycles. The van der Waals surface area contributed by atoms with Crippen molar-refractivity contribution in [2.24, 2.45) is 0 Å². The number of nitrogens with one attached hydrogen (secondary N) is 1. The van der Waals surface area contributed by atoms with Gasteiger partial charge in [-0.25, -0.2) is 0 Å². The number of hydrogen-bond acceptors (Lipinski definition) is 6. The fourth-order valence-electron chi connectivity index (χ4n) is 2.69. The van der Waals surface area contributed by atoms with Crippen molar-refractivity contribution in [2.45, 2.75) is 11.3 Å². The van der Waals surface area contributed by atoms with Gasteiger partial charge in [-0.05, 0) is 48.7 Å². The van der Waals surface area contributed by atoms with Gasteiger partial charge in [-0.15, -0.1) is 22.0 Å². The van der Waals surface area contributed by atoms with Crippen LogP contribution >= 0.6 is 11.8 Å². The minimum atomic E-state index is -0.203.